The number of hydrogen-bond donors (Lipinski definition) is 1. The van der Waals surface area contributed by atoms with Gasteiger partial charge in [-0.1, -0.05) is 12.8 Å². The molecule has 1 saturated carbocycles. The minimum atomic E-state index is 0.766. The van der Waals surface area contributed by atoms with Gasteiger partial charge in [-0.25, -0.2) is 0 Å². The van der Waals surface area contributed by atoms with Crippen LogP contribution < -0.4 is 5.32 Å². The average molecular weight is 168 g/mol. The summed E-state index contributed by atoms with van der Waals surface area (Å²) >= 11 is 0. The van der Waals surface area contributed by atoms with Gasteiger partial charge in [-0.05, 0) is 19.8 Å². The molecule has 2 heteroatoms. The lowest BCUT2D eigenvalue weighted by molar-refractivity contribution is 0.119. The van der Waals surface area contributed by atoms with Crippen LogP contribution in [0.4, 0.5) is 0 Å². The summed E-state index contributed by atoms with van der Waals surface area (Å²) in [5, 5.41) is 3.45. The second-order valence-corrected chi connectivity index (χ2v) is 4.23. The first-order valence-electron chi connectivity index (χ1n) is 5.34. The molecule has 1 saturated heterocycles. The van der Waals surface area contributed by atoms with Crippen LogP contribution in [0.2, 0.25) is 0 Å². The summed E-state index contributed by atoms with van der Waals surface area (Å²) in [5.41, 5.74) is 0. The van der Waals surface area contributed by atoms with E-state index in [0.29, 0.717) is 0 Å². The van der Waals surface area contributed by atoms with E-state index < -0.39 is 0 Å². The normalized spacial score (nSPS) is 34.2. The van der Waals surface area contributed by atoms with Crippen molar-refractivity contribution in [2.24, 2.45) is 0 Å². The van der Waals surface area contributed by atoms with Crippen LogP contribution in [0.25, 0.3) is 0 Å². The van der Waals surface area contributed by atoms with Crippen molar-refractivity contribution >= 4 is 0 Å². The Hall–Kier alpha value is -0.0800. The van der Waals surface area contributed by atoms with E-state index in [4.69, 9.17) is 0 Å². The molecule has 70 valence electrons. The maximum Gasteiger partial charge on any atom is 0.0195 e. The van der Waals surface area contributed by atoms with Crippen molar-refractivity contribution in [1.82, 2.24) is 10.2 Å². The van der Waals surface area contributed by atoms with Crippen LogP contribution in [0.3, 0.4) is 0 Å². The fraction of sp³-hybridized carbons (Fsp3) is 1.00. The van der Waals surface area contributed by atoms with Crippen LogP contribution in [0, 0.1) is 0 Å². The summed E-state index contributed by atoms with van der Waals surface area (Å²) in [7, 11) is 0. The fourth-order valence-electron chi connectivity index (χ4n) is 2.64. The summed E-state index contributed by atoms with van der Waals surface area (Å²) in [6.45, 7) is 6.01. The van der Waals surface area contributed by atoms with Crippen molar-refractivity contribution < 1.29 is 0 Å². The maximum atomic E-state index is 3.45. The van der Waals surface area contributed by atoms with Crippen LogP contribution in [0.15, 0.2) is 0 Å². The van der Waals surface area contributed by atoms with E-state index in [1.807, 2.05) is 0 Å². The van der Waals surface area contributed by atoms with Crippen molar-refractivity contribution in [1.29, 1.82) is 0 Å². The Kier molecular flexibility index (Phi) is 2.66. The topological polar surface area (TPSA) is 15.3 Å². The lowest BCUT2D eigenvalue weighted by Crippen LogP contribution is -2.53. The zero-order chi connectivity index (χ0) is 8.39. The van der Waals surface area contributed by atoms with E-state index in [0.717, 1.165) is 12.1 Å². The minimum Gasteiger partial charge on any atom is -0.314 e. The zero-order valence-corrected chi connectivity index (χ0v) is 8.05. The first-order chi connectivity index (χ1) is 5.88. The summed E-state index contributed by atoms with van der Waals surface area (Å²) in [5.74, 6) is 0. The molecule has 2 rings (SSSR count). The molecule has 12 heavy (non-hydrogen) atoms. The van der Waals surface area contributed by atoms with Gasteiger partial charge in [-0.2, -0.15) is 0 Å². The molecule has 1 heterocycles. The Morgan fingerprint density at radius 3 is 2.67 bits per heavy atom. The van der Waals surface area contributed by atoms with Gasteiger partial charge >= 0.3 is 0 Å². The van der Waals surface area contributed by atoms with Gasteiger partial charge < -0.3 is 5.32 Å². The number of piperazine rings is 1. The second-order valence-electron chi connectivity index (χ2n) is 4.23. The molecular formula is C10H20N2. The molecule has 0 amide bonds. The molecule has 1 atom stereocenters. The first-order valence-corrected chi connectivity index (χ1v) is 5.34. The number of nitrogens with zero attached hydrogens (tertiary/aromatic N) is 1. The molecule has 1 aliphatic carbocycles. The smallest absolute Gasteiger partial charge is 0.0195 e. The SMILES string of the molecule is C[C@@H]1CNCCN1C1CCCC1. The third kappa shape index (κ3) is 1.64. The van der Waals surface area contributed by atoms with Gasteiger partial charge in [-0.3, -0.25) is 4.90 Å². The van der Waals surface area contributed by atoms with E-state index in [1.54, 1.807) is 0 Å². The molecule has 1 N–H and O–H groups in total. The molecule has 2 aliphatic rings. The van der Waals surface area contributed by atoms with E-state index in [1.165, 1.54) is 45.3 Å². The van der Waals surface area contributed by atoms with Gasteiger partial charge in [-0.15, -0.1) is 0 Å². The van der Waals surface area contributed by atoms with Crippen LogP contribution in [-0.2, 0) is 0 Å². The van der Waals surface area contributed by atoms with Gasteiger partial charge in [0.25, 0.3) is 0 Å². The molecular weight excluding hydrogens is 148 g/mol. The van der Waals surface area contributed by atoms with Crippen LogP contribution >= 0.6 is 0 Å². The van der Waals surface area contributed by atoms with Crippen molar-refractivity contribution in [2.75, 3.05) is 19.6 Å². The lowest BCUT2D eigenvalue weighted by atomic mass is 10.1. The van der Waals surface area contributed by atoms with Gasteiger partial charge in [0.1, 0.15) is 0 Å². The third-order valence-electron chi connectivity index (χ3n) is 3.35. The molecule has 1 aliphatic heterocycles. The molecule has 0 unspecified atom stereocenters. The van der Waals surface area contributed by atoms with Gasteiger partial charge in [0.05, 0.1) is 0 Å². The molecule has 0 aromatic heterocycles. The monoisotopic (exact) mass is 168 g/mol. The predicted octanol–water partition coefficient (Wildman–Crippen LogP) is 1.22. The van der Waals surface area contributed by atoms with E-state index in [9.17, 15) is 0 Å². The number of rotatable bonds is 1. The van der Waals surface area contributed by atoms with Crippen molar-refractivity contribution in [3.05, 3.63) is 0 Å². The predicted molar refractivity (Wildman–Crippen MR) is 51.3 cm³/mol. The van der Waals surface area contributed by atoms with Crippen molar-refractivity contribution in [2.45, 2.75) is 44.7 Å². The van der Waals surface area contributed by atoms with Crippen LogP contribution in [0.5, 0.6) is 0 Å². The molecule has 2 nitrogen and oxygen atoms in total. The van der Waals surface area contributed by atoms with Gasteiger partial charge in [0.2, 0.25) is 0 Å². The minimum absolute atomic E-state index is 0.766. The Bertz CT molecular complexity index is 141. The van der Waals surface area contributed by atoms with Crippen molar-refractivity contribution in [3.8, 4) is 0 Å². The Labute approximate surface area is 75.3 Å². The summed E-state index contributed by atoms with van der Waals surface area (Å²) in [6, 6.07) is 1.68. The van der Waals surface area contributed by atoms with Crippen LogP contribution in [0.1, 0.15) is 32.6 Å². The molecule has 0 bridgehead atoms. The lowest BCUT2D eigenvalue weighted by Gasteiger charge is -2.38. The van der Waals surface area contributed by atoms with Gasteiger partial charge in [0.15, 0.2) is 0 Å². The molecule has 0 spiro atoms. The van der Waals surface area contributed by atoms with E-state index >= 15 is 0 Å². The highest BCUT2D eigenvalue weighted by Gasteiger charge is 2.27. The van der Waals surface area contributed by atoms with Crippen molar-refractivity contribution in [3.63, 3.8) is 0 Å². The summed E-state index contributed by atoms with van der Waals surface area (Å²) in [4.78, 5) is 2.71. The van der Waals surface area contributed by atoms with Crippen LogP contribution in [-0.4, -0.2) is 36.6 Å². The highest BCUT2D eigenvalue weighted by molar-refractivity contribution is 4.85. The highest BCUT2D eigenvalue weighted by Crippen LogP contribution is 2.25. The second kappa shape index (κ2) is 3.75. The highest BCUT2D eigenvalue weighted by atomic mass is 15.2. The van der Waals surface area contributed by atoms with E-state index in [-0.39, 0.29) is 0 Å². The number of hydrogen-bond acceptors (Lipinski definition) is 2. The molecule has 0 aromatic rings. The Morgan fingerprint density at radius 2 is 2.00 bits per heavy atom. The first kappa shape index (κ1) is 8.52. The zero-order valence-electron chi connectivity index (χ0n) is 8.05. The Balaban J connectivity index is 1.91. The number of nitrogens with one attached hydrogen (secondary N) is 1. The molecule has 0 aromatic carbocycles. The Morgan fingerprint density at radius 1 is 1.25 bits per heavy atom. The maximum absolute atomic E-state index is 3.45. The standard InChI is InChI=1S/C10H20N2/c1-9-8-11-6-7-12(9)10-4-2-3-5-10/h9-11H,2-8H2,1H3/t9-/m1/s1. The summed E-state index contributed by atoms with van der Waals surface area (Å²) in [6.07, 6.45) is 5.82. The largest absolute Gasteiger partial charge is 0.314 e. The summed E-state index contributed by atoms with van der Waals surface area (Å²) < 4.78 is 0. The fourth-order valence-corrected chi connectivity index (χ4v) is 2.64. The molecule has 2 fully saturated rings. The third-order valence-corrected chi connectivity index (χ3v) is 3.35. The quantitative estimate of drug-likeness (QED) is 0.633. The average Bonchev–Trinajstić information content (AvgIpc) is 2.57. The molecule has 0 radical (unpaired) electrons. The van der Waals surface area contributed by atoms with Gasteiger partial charge in [0, 0.05) is 31.7 Å². The van der Waals surface area contributed by atoms with E-state index in [2.05, 4.69) is 17.1 Å².